The molecule has 5 nitrogen and oxygen atoms in total. The van der Waals surface area contributed by atoms with Gasteiger partial charge < -0.3 is 5.32 Å². The van der Waals surface area contributed by atoms with Gasteiger partial charge in [0.15, 0.2) is 0 Å². The highest BCUT2D eigenvalue weighted by atomic mass is 79.9. The molecule has 3 aromatic carbocycles. The lowest BCUT2D eigenvalue weighted by Gasteiger charge is -2.22. The maximum absolute atomic E-state index is 13.4. The van der Waals surface area contributed by atoms with Crippen molar-refractivity contribution >= 4 is 49.1 Å². The van der Waals surface area contributed by atoms with Crippen LogP contribution in [-0.4, -0.2) is 25.2 Å². The Kier molecular flexibility index (Phi) is 7.25. The molecule has 0 saturated carbocycles. The average Bonchev–Trinajstić information content (AvgIpc) is 2.69. The summed E-state index contributed by atoms with van der Waals surface area (Å²) in [4.78, 5) is 12.6. The van der Waals surface area contributed by atoms with E-state index in [9.17, 15) is 17.6 Å². The lowest BCUT2D eigenvalue weighted by molar-refractivity contribution is -0.116. The third-order valence-electron chi connectivity index (χ3n) is 4.18. The smallest absolute Gasteiger partial charge is 0.243 e. The van der Waals surface area contributed by atoms with Crippen molar-refractivity contribution in [1.82, 2.24) is 4.31 Å². The third kappa shape index (κ3) is 5.66. The predicted octanol–water partition coefficient (Wildman–Crippen LogP) is 5.07. The van der Waals surface area contributed by atoms with Crippen LogP contribution in [0.3, 0.4) is 0 Å². The van der Waals surface area contributed by atoms with E-state index in [1.165, 1.54) is 30.3 Å². The van der Waals surface area contributed by atoms with Crippen LogP contribution in [0.5, 0.6) is 0 Å². The summed E-state index contributed by atoms with van der Waals surface area (Å²) in [7, 11) is -4.01. The van der Waals surface area contributed by atoms with Gasteiger partial charge in [-0.05, 0) is 54.1 Å². The van der Waals surface area contributed by atoms with Gasteiger partial charge in [-0.3, -0.25) is 4.79 Å². The SMILES string of the molecule is O=C(CN(Cc1ccccc1Cl)S(=O)(=O)c1ccc(Br)cc1)Nc1cccc(F)c1. The minimum atomic E-state index is -4.01. The Morgan fingerprint density at radius 3 is 2.40 bits per heavy atom. The van der Waals surface area contributed by atoms with Crippen LogP contribution in [0, 0.1) is 5.82 Å². The number of benzene rings is 3. The Balaban J connectivity index is 1.89. The van der Waals surface area contributed by atoms with Gasteiger partial charge in [0.05, 0.1) is 11.4 Å². The van der Waals surface area contributed by atoms with Crippen molar-refractivity contribution < 1.29 is 17.6 Å². The van der Waals surface area contributed by atoms with E-state index in [0.717, 1.165) is 14.8 Å². The van der Waals surface area contributed by atoms with Crippen molar-refractivity contribution in [2.75, 3.05) is 11.9 Å². The third-order valence-corrected chi connectivity index (χ3v) is 6.89. The maximum atomic E-state index is 13.4. The van der Waals surface area contributed by atoms with E-state index in [0.29, 0.717) is 10.6 Å². The van der Waals surface area contributed by atoms with E-state index in [-0.39, 0.29) is 17.1 Å². The van der Waals surface area contributed by atoms with E-state index in [4.69, 9.17) is 11.6 Å². The highest BCUT2D eigenvalue weighted by Crippen LogP contribution is 2.24. The molecule has 0 bridgehead atoms. The molecule has 1 amide bonds. The maximum Gasteiger partial charge on any atom is 0.243 e. The van der Waals surface area contributed by atoms with Crippen molar-refractivity contribution in [3.8, 4) is 0 Å². The fourth-order valence-electron chi connectivity index (χ4n) is 2.73. The van der Waals surface area contributed by atoms with Gasteiger partial charge in [-0.2, -0.15) is 4.31 Å². The zero-order chi connectivity index (χ0) is 21.7. The van der Waals surface area contributed by atoms with E-state index in [2.05, 4.69) is 21.2 Å². The molecule has 3 aromatic rings. The first kappa shape index (κ1) is 22.4. The molecule has 3 rings (SSSR count). The Hall–Kier alpha value is -2.26. The predicted molar refractivity (Wildman–Crippen MR) is 118 cm³/mol. The van der Waals surface area contributed by atoms with Gasteiger partial charge in [0, 0.05) is 21.7 Å². The number of anilines is 1. The van der Waals surface area contributed by atoms with Crippen LogP contribution in [0.15, 0.2) is 82.2 Å². The monoisotopic (exact) mass is 510 g/mol. The molecule has 30 heavy (non-hydrogen) atoms. The molecule has 156 valence electrons. The number of hydrogen-bond acceptors (Lipinski definition) is 3. The van der Waals surface area contributed by atoms with E-state index < -0.39 is 28.3 Å². The second-order valence-electron chi connectivity index (χ2n) is 6.38. The van der Waals surface area contributed by atoms with Gasteiger partial charge in [0.2, 0.25) is 15.9 Å². The number of sulfonamides is 1. The zero-order valence-electron chi connectivity index (χ0n) is 15.6. The number of carbonyl (C=O) groups excluding carboxylic acids is 1. The minimum Gasteiger partial charge on any atom is -0.325 e. The number of carbonyl (C=O) groups is 1. The average molecular weight is 512 g/mol. The van der Waals surface area contributed by atoms with E-state index >= 15 is 0 Å². The van der Waals surface area contributed by atoms with E-state index in [1.807, 2.05) is 0 Å². The van der Waals surface area contributed by atoms with E-state index in [1.54, 1.807) is 36.4 Å². The van der Waals surface area contributed by atoms with Crippen LogP contribution >= 0.6 is 27.5 Å². The first-order chi connectivity index (χ1) is 14.3. The van der Waals surface area contributed by atoms with Crippen molar-refractivity contribution in [3.63, 3.8) is 0 Å². The molecular formula is C21H17BrClFN2O3S. The first-order valence-electron chi connectivity index (χ1n) is 8.80. The van der Waals surface area contributed by atoms with Crippen LogP contribution in [0.1, 0.15) is 5.56 Å². The summed E-state index contributed by atoms with van der Waals surface area (Å²) in [6.07, 6.45) is 0. The normalized spacial score (nSPS) is 11.5. The summed E-state index contributed by atoms with van der Waals surface area (Å²) < 4.78 is 41.6. The molecule has 0 aliphatic carbocycles. The quantitative estimate of drug-likeness (QED) is 0.482. The molecule has 0 radical (unpaired) electrons. The molecule has 9 heteroatoms. The molecule has 0 unspecified atom stereocenters. The first-order valence-corrected chi connectivity index (χ1v) is 11.4. The summed E-state index contributed by atoms with van der Waals surface area (Å²) in [6, 6.07) is 18.3. The number of nitrogens with one attached hydrogen (secondary N) is 1. The van der Waals surface area contributed by atoms with Gasteiger partial charge in [-0.15, -0.1) is 0 Å². The van der Waals surface area contributed by atoms with Gasteiger partial charge in [-0.25, -0.2) is 12.8 Å². The second kappa shape index (κ2) is 9.70. The molecule has 0 saturated heterocycles. The second-order valence-corrected chi connectivity index (χ2v) is 9.64. The van der Waals surface area contributed by atoms with Crippen LogP contribution in [0.2, 0.25) is 5.02 Å². The highest BCUT2D eigenvalue weighted by Gasteiger charge is 2.27. The van der Waals surface area contributed by atoms with Crippen molar-refractivity contribution in [2.24, 2.45) is 0 Å². The van der Waals surface area contributed by atoms with Gasteiger partial charge in [0.25, 0.3) is 0 Å². The largest absolute Gasteiger partial charge is 0.325 e. The number of rotatable bonds is 7. The number of hydrogen-bond donors (Lipinski definition) is 1. The van der Waals surface area contributed by atoms with Crippen LogP contribution in [0.25, 0.3) is 0 Å². The number of halogens is 3. The summed E-state index contributed by atoms with van der Waals surface area (Å²) in [5.74, 6) is -1.11. The van der Waals surface area contributed by atoms with Gasteiger partial charge in [0.1, 0.15) is 5.82 Å². The Bertz CT molecular complexity index is 1160. The van der Waals surface area contributed by atoms with Crippen LogP contribution < -0.4 is 5.32 Å². The molecule has 0 atom stereocenters. The Labute approximate surface area is 187 Å². The minimum absolute atomic E-state index is 0.0382. The van der Waals surface area contributed by atoms with Crippen molar-refractivity contribution in [2.45, 2.75) is 11.4 Å². The summed E-state index contributed by atoms with van der Waals surface area (Å²) in [5.41, 5.74) is 0.789. The van der Waals surface area contributed by atoms with Crippen LogP contribution in [-0.2, 0) is 21.4 Å². The Morgan fingerprint density at radius 1 is 1.03 bits per heavy atom. The van der Waals surface area contributed by atoms with Crippen molar-refractivity contribution in [3.05, 3.63) is 93.7 Å². The number of amides is 1. The lowest BCUT2D eigenvalue weighted by atomic mass is 10.2. The standard InChI is InChI=1S/C21H17BrClFN2O3S/c22-16-8-10-19(11-9-16)30(28,29)26(13-15-4-1-2-7-20(15)23)14-21(27)25-18-6-3-5-17(24)12-18/h1-12H,13-14H2,(H,25,27). The molecular weight excluding hydrogens is 495 g/mol. The summed E-state index contributed by atoms with van der Waals surface area (Å²) >= 11 is 9.47. The summed E-state index contributed by atoms with van der Waals surface area (Å²) in [6.45, 7) is -0.575. The molecule has 1 N–H and O–H groups in total. The molecule has 0 fully saturated rings. The molecule has 0 aliphatic rings. The Morgan fingerprint density at radius 2 is 1.73 bits per heavy atom. The number of nitrogens with zero attached hydrogens (tertiary/aromatic N) is 1. The van der Waals surface area contributed by atoms with Crippen LogP contribution in [0.4, 0.5) is 10.1 Å². The molecule has 0 heterocycles. The summed E-state index contributed by atoms with van der Waals surface area (Å²) in [5, 5.41) is 2.91. The fraction of sp³-hybridized carbons (Fsp3) is 0.0952. The van der Waals surface area contributed by atoms with Crippen molar-refractivity contribution in [1.29, 1.82) is 0 Å². The lowest BCUT2D eigenvalue weighted by Crippen LogP contribution is -2.37. The zero-order valence-corrected chi connectivity index (χ0v) is 18.7. The fourth-order valence-corrected chi connectivity index (χ4v) is 4.56. The topological polar surface area (TPSA) is 66.5 Å². The molecule has 0 aromatic heterocycles. The molecule has 0 spiro atoms. The molecule has 0 aliphatic heterocycles. The highest BCUT2D eigenvalue weighted by molar-refractivity contribution is 9.10. The van der Waals surface area contributed by atoms with Gasteiger partial charge in [-0.1, -0.05) is 51.8 Å². The van der Waals surface area contributed by atoms with Gasteiger partial charge >= 0.3 is 0 Å².